The summed E-state index contributed by atoms with van der Waals surface area (Å²) in [5, 5.41) is 0. The Morgan fingerprint density at radius 2 is 1.85 bits per heavy atom. The molecular weight excluding hydrogens is 166 g/mol. The summed E-state index contributed by atoms with van der Waals surface area (Å²) in [5.41, 5.74) is 7.26. The van der Waals surface area contributed by atoms with Gasteiger partial charge in [-0.05, 0) is 37.1 Å². The largest absolute Gasteiger partial charge is 0.426 e. The van der Waals surface area contributed by atoms with Gasteiger partial charge in [-0.3, -0.25) is 4.79 Å². The number of carbonyl (C=O) groups excluding carboxylic acids is 1. The van der Waals surface area contributed by atoms with Gasteiger partial charge in [0.25, 0.3) is 0 Å². The minimum atomic E-state index is -0.412. The number of esters is 1. The number of hydrogen-bond donors (Lipinski definition) is 1. The molecule has 0 amide bonds. The van der Waals surface area contributed by atoms with Crippen LogP contribution in [0.25, 0.3) is 0 Å². The van der Waals surface area contributed by atoms with Crippen molar-refractivity contribution in [2.75, 3.05) is 6.54 Å². The Kier molecular flexibility index (Phi) is 3.03. The summed E-state index contributed by atoms with van der Waals surface area (Å²) in [6, 6.07) is 5.63. The predicted octanol–water partition coefficient (Wildman–Crippen LogP) is 1.17. The molecule has 0 saturated carbocycles. The Bertz CT molecular complexity index is 300. The van der Waals surface area contributed by atoms with Crippen LogP contribution in [0.2, 0.25) is 0 Å². The number of benzene rings is 1. The van der Waals surface area contributed by atoms with Crippen LogP contribution in [-0.2, 0) is 4.79 Å². The van der Waals surface area contributed by atoms with Gasteiger partial charge >= 0.3 is 5.97 Å². The standard InChI is InChI=1S/C10H13NO2/c1-7-3-8(2)5-9(4-7)13-10(12)6-11/h3-5H,6,11H2,1-2H3. The van der Waals surface area contributed by atoms with E-state index in [4.69, 9.17) is 10.5 Å². The van der Waals surface area contributed by atoms with Crippen molar-refractivity contribution in [3.63, 3.8) is 0 Å². The van der Waals surface area contributed by atoms with Crippen molar-refractivity contribution in [1.82, 2.24) is 0 Å². The third-order valence-corrected chi connectivity index (χ3v) is 1.59. The third-order valence-electron chi connectivity index (χ3n) is 1.59. The van der Waals surface area contributed by atoms with E-state index in [9.17, 15) is 4.79 Å². The van der Waals surface area contributed by atoms with Crippen LogP contribution in [0.3, 0.4) is 0 Å². The molecule has 3 nitrogen and oxygen atoms in total. The van der Waals surface area contributed by atoms with Gasteiger partial charge in [-0.15, -0.1) is 0 Å². The van der Waals surface area contributed by atoms with Gasteiger partial charge < -0.3 is 10.5 Å². The number of aryl methyl sites for hydroxylation is 2. The van der Waals surface area contributed by atoms with Crippen molar-refractivity contribution >= 4 is 5.97 Å². The second-order valence-corrected chi connectivity index (χ2v) is 3.00. The fourth-order valence-corrected chi connectivity index (χ4v) is 1.16. The van der Waals surface area contributed by atoms with Crippen molar-refractivity contribution in [1.29, 1.82) is 0 Å². The molecule has 0 aliphatic rings. The first-order chi connectivity index (χ1) is 6.11. The average molecular weight is 179 g/mol. The van der Waals surface area contributed by atoms with Crippen molar-refractivity contribution in [2.45, 2.75) is 13.8 Å². The fourth-order valence-electron chi connectivity index (χ4n) is 1.16. The fraction of sp³-hybridized carbons (Fsp3) is 0.300. The number of carbonyl (C=O) groups is 1. The van der Waals surface area contributed by atoms with Gasteiger partial charge in [-0.2, -0.15) is 0 Å². The van der Waals surface area contributed by atoms with Crippen molar-refractivity contribution in [3.05, 3.63) is 29.3 Å². The highest BCUT2D eigenvalue weighted by Gasteiger charge is 2.02. The van der Waals surface area contributed by atoms with E-state index in [-0.39, 0.29) is 6.54 Å². The van der Waals surface area contributed by atoms with Gasteiger partial charge in [0.2, 0.25) is 0 Å². The smallest absolute Gasteiger partial charge is 0.325 e. The molecule has 13 heavy (non-hydrogen) atoms. The lowest BCUT2D eigenvalue weighted by molar-refractivity contribution is -0.132. The highest BCUT2D eigenvalue weighted by molar-refractivity contribution is 5.74. The molecule has 0 aliphatic heterocycles. The molecule has 0 saturated heterocycles. The van der Waals surface area contributed by atoms with E-state index < -0.39 is 5.97 Å². The lowest BCUT2D eigenvalue weighted by atomic mass is 10.1. The average Bonchev–Trinajstić information content (AvgIpc) is 2.02. The molecule has 0 bridgehead atoms. The molecule has 0 spiro atoms. The molecule has 1 aromatic rings. The summed E-state index contributed by atoms with van der Waals surface area (Å²) in [6.45, 7) is 3.81. The lowest BCUT2D eigenvalue weighted by Crippen LogP contribution is -2.19. The summed E-state index contributed by atoms with van der Waals surface area (Å²) in [4.78, 5) is 10.9. The van der Waals surface area contributed by atoms with E-state index in [1.165, 1.54) is 0 Å². The molecule has 3 heteroatoms. The molecular formula is C10H13NO2. The molecule has 0 aliphatic carbocycles. The Labute approximate surface area is 77.5 Å². The first kappa shape index (κ1) is 9.74. The lowest BCUT2D eigenvalue weighted by Gasteiger charge is -2.04. The molecule has 0 radical (unpaired) electrons. The van der Waals surface area contributed by atoms with Gasteiger partial charge in [0.15, 0.2) is 0 Å². The van der Waals surface area contributed by atoms with Gasteiger partial charge in [0.05, 0.1) is 6.54 Å². The second kappa shape index (κ2) is 4.05. The number of hydrogen-bond acceptors (Lipinski definition) is 3. The van der Waals surface area contributed by atoms with Crippen molar-refractivity contribution < 1.29 is 9.53 Å². The van der Waals surface area contributed by atoms with E-state index in [1.807, 2.05) is 19.9 Å². The highest BCUT2D eigenvalue weighted by atomic mass is 16.5. The van der Waals surface area contributed by atoms with Crippen LogP contribution >= 0.6 is 0 Å². The van der Waals surface area contributed by atoms with E-state index in [2.05, 4.69) is 0 Å². The second-order valence-electron chi connectivity index (χ2n) is 3.00. The van der Waals surface area contributed by atoms with E-state index in [0.29, 0.717) is 5.75 Å². The van der Waals surface area contributed by atoms with Gasteiger partial charge in [0, 0.05) is 0 Å². The molecule has 0 heterocycles. The summed E-state index contributed by atoms with van der Waals surface area (Å²) in [5.74, 6) is 0.151. The number of ether oxygens (including phenoxy) is 1. The topological polar surface area (TPSA) is 52.3 Å². The summed E-state index contributed by atoms with van der Waals surface area (Å²) in [7, 11) is 0. The zero-order valence-electron chi connectivity index (χ0n) is 7.83. The van der Waals surface area contributed by atoms with Crippen molar-refractivity contribution in [3.8, 4) is 5.75 Å². The normalized spacial score (nSPS) is 9.77. The Hall–Kier alpha value is -1.35. The van der Waals surface area contributed by atoms with Crippen LogP contribution in [0.5, 0.6) is 5.75 Å². The zero-order chi connectivity index (χ0) is 9.84. The minimum Gasteiger partial charge on any atom is -0.426 e. The highest BCUT2D eigenvalue weighted by Crippen LogP contribution is 2.15. The molecule has 0 unspecified atom stereocenters. The molecule has 0 atom stereocenters. The minimum absolute atomic E-state index is 0.0903. The van der Waals surface area contributed by atoms with Crippen LogP contribution in [0, 0.1) is 13.8 Å². The summed E-state index contributed by atoms with van der Waals surface area (Å²) >= 11 is 0. The predicted molar refractivity (Wildman–Crippen MR) is 50.6 cm³/mol. The first-order valence-corrected chi connectivity index (χ1v) is 4.11. The van der Waals surface area contributed by atoms with Crippen LogP contribution in [0.15, 0.2) is 18.2 Å². The van der Waals surface area contributed by atoms with E-state index in [1.54, 1.807) is 12.1 Å². The Balaban J connectivity index is 2.83. The van der Waals surface area contributed by atoms with E-state index in [0.717, 1.165) is 11.1 Å². The maximum Gasteiger partial charge on any atom is 0.325 e. The molecule has 2 N–H and O–H groups in total. The molecule has 0 aromatic heterocycles. The molecule has 0 fully saturated rings. The van der Waals surface area contributed by atoms with Crippen LogP contribution in [-0.4, -0.2) is 12.5 Å². The zero-order valence-corrected chi connectivity index (χ0v) is 7.83. The summed E-state index contributed by atoms with van der Waals surface area (Å²) < 4.78 is 4.96. The monoisotopic (exact) mass is 179 g/mol. The maximum absolute atomic E-state index is 10.9. The molecule has 1 aromatic carbocycles. The third kappa shape index (κ3) is 2.87. The maximum atomic E-state index is 10.9. The number of nitrogens with two attached hydrogens (primary N) is 1. The summed E-state index contributed by atoms with van der Waals surface area (Å²) in [6.07, 6.45) is 0. The van der Waals surface area contributed by atoms with Gasteiger partial charge in [-0.25, -0.2) is 0 Å². The van der Waals surface area contributed by atoms with Crippen LogP contribution < -0.4 is 10.5 Å². The van der Waals surface area contributed by atoms with Gasteiger partial charge in [-0.1, -0.05) is 6.07 Å². The molecule has 1 rings (SSSR count). The van der Waals surface area contributed by atoms with Crippen LogP contribution in [0.4, 0.5) is 0 Å². The SMILES string of the molecule is Cc1cc(C)cc(OC(=O)CN)c1. The Morgan fingerprint density at radius 3 is 2.31 bits per heavy atom. The van der Waals surface area contributed by atoms with Crippen molar-refractivity contribution in [2.24, 2.45) is 5.73 Å². The Morgan fingerprint density at radius 1 is 1.31 bits per heavy atom. The number of rotatable bonds is 2. The quantitative estimate of drug-likeness (QED) is 0.547. The first-order valence-electron chi connectivity index (χ1n) is 4.11. The van der Waals surface area contributed by atoms with Gasteiger partial charge in [0.1, 0.15) is 5.75 Å². The molecule has 70 valence electrons. The van der Waals surface area contributed by atoms with E-state index >= 15 is 0 Å². The van der Waals surface area contributed by atoms with Crippen LogP contribution in [0.1, 0.15) is 11.1 Å².